The molecule has 1 aliphatic carbocycles. The molecular formula is C19H24N4OS2. The molecule has 0 fully saturated rings. The minimum Gasteiger partial charge on any atom is -0.383 e. The van der Waals surface area contributed by atoms with Crippen LogP contribution in [-0.2, 0) is 17.6 Å². The van der Waals surface area contributed by atoms with Crippen LogP contribution in [0, 0.1) is 5.92 Å². The third-order valence-corrected chi connectivity index (χ3v) is 6.52. The van der Waals surface area contributed by atoms with Gasteiger partial charge in [-0.3, -0.25) is 4.79 Å². The number of thioether (sulfide) groups is 1. The summed E-state index contributed by atoms with van der Waals surface area (Å²) in [4.78, 5) is 25.5. The second kappa shape index (κ2) is 8.22. The minimum atomic E-state index is 0.0105. The van der Waals surface area contributed by atoms with Gasteiger partial charge in [-0.15, -0.1) is 24.5 Å². The van der Waals surface area contributed by atoms with Gasteiger partial charge in [0.1, 0.15) is 10.6 Å². The van der Waals surface area contributed by atoms with Gasteiger partial charge in [0.15, 0.2) is 5.16 Å². The quantitative estimate of drug-likeness (QED) is 0.445. The average molecular weight is 389 g/mol. The molecule has 0 unspecified atom stereocenters. The van der Waals surface area contributed by atoms with Crippen LogP contribution in [0.3, 0.4) is 0 Å². The van der Waals surface area contributed by atoms with Gasteiger partial charge in [-0.05, 0) is 30.7 Å². The molecule has 3 rings (SSSR count). The molecule has 1 atom stereocenters. The standard InChI is InChI=1S/C19H24N4OS2/c1-4-8-23(9-5-2)15(24)11-25-19-21-17(20)16-13-7-6-12(3)10-14(13)26-18(16)22-19/h4-5,12H,1-2,6-11H2,3H3,(H2,20,21,22)/t12-/m1/s1. The lowest BCUT2D eigenvalue weighted by atomic mass is 9.89. The molecule has 1 aliphatic rings. The number of nitrogens with zero attached hydrogens (tertiary/aromatic N) is 3. The zero-order chi connectivity index (χ0) is 18.7. The highest BCUT2D eigenvalue weighted by Crippen LogP contribution is 2.39. The van der Waals surface area contributed by atoms with E-state index in [2.05, 4.69) is 30.0 Å². The van der Waals surface area contributed by atoms with Gasteiger partial charge in [0, 0.05) is 18.0 Å². The van der Waals surface area contributed by atoms with Crippen molar-refractivity contribution in [2.75, 3.05) is 24.6 Å². The van der Waals surface area contributed by atoms with Gasteiger partial charge < -0.3 is 10.6 Å². The Hall–Kier alpha value is -1.86. The van der Waals surface area contributed by atoms with Gasteiger partial charge in [-0.25, -0.2) is 9.97 Å². The third kappa shape index (κ3) is 3.94. The van der Waals surface area contributed by atoms with Crippen LogP contribution in [0.25, 0.3) is 10.2 Å². The van der Waals surface area contributed by atoms with Crippen LogP contribution in [-0.4, -0.2) is 39.6 Å². The zero-order valence-corrected chi connectivity index (χ0v) is 16.7. The number of thiophene rings is 1. The summed E-state index contributed by atoms with van der Waals surface area (Å²) in [6.45, 7) is 10.7. The molecule has 7 heteroatoms. The summed E-state index contributed by atoms with van der Waals surface area (Å²) in [5.74, 6) is 1.52. The van der Waals surface area contributed by atoms with Crippen molar-refractivity contribution in [3.63, 3.8) is 0 Å². The Kier molecular flexibility index (Phi) is 5.98. The van der Waals surface area contributed by atoms with Gasteiger partial charge in [-0.2, -0.15) is 0 Å². The Balaban J connectivity index is 1.78. The molecule has 0 spiro atoms. The van der Waals surface area contributed by atoms with Gasteiger partial charge in [0.05, 0.1) is 11.1 Å². The molecule has 0 radical (unpaired) electrons. The maximum atomic E-state index is 12.4. The Morgan fingerprint density at radius 2 is 2.12 bits per heavy atom. The number of nitrogen functional groups attached to an aromatic ring is 1. The lowest BCUT2D eigenvalue weighted by Gasteiger charge is -2.18. The average Bonchev–Trinajstić information content (AvgIpc) is 2.97. The Labute approximate surface area is 162 Å². The normalized spacial score (nSPS) is 16.3. The van der Waals surface area contributed by atoms with E-state index in [1.807, 2.05) is 0 Å². The number of aryl methyl sites for hydroxylation is 1. The van der Waals surface area contributed by atoms with Crippen molar-refractivity contribution in [1.82, 2.24) is 14.9 Å². The first-order valence-electron chi connectivity index (χ1n) is 8.73. The number of fused-ring (bicyclic) bond motifs is 3. The molecule has 0 saturated carbocycles. The fourth-order valence-electron chi connectivity index (χ4n) is 3.22. The molecule has 1 amide bonds. The number of hydrogen-bond acceptors (Lipinski definition) is 6. The molecule has 5 nitrogen and oxygen atoms in total. The number of anilines is 1. The highest BCUT2D eigenvalue weighted by molar-refractivity contribution is 7.99. The van der Waals surface area contributed by atoms with Crippen molar-refractivity contribution in [3.05, 3.63) is 35.8 Å². The van der Waals surface area contributed by atoms with E-state index in [0.717, 1.165) is 23.1 Å². The molecular weight excluding hydrogens is 364 g/mol. The van der Waals surface area contributed by atoms with Gasteiger partial charge in [0.25, 0.3) is 0 Å². The van der Waals surface area contributed by atoms with E-state index in [1.165, 1.54) is 28.6 Å². The smallest absolute Gasteiger partial charge is 0.233 e. The van der Waals surface area contributed by atoms with Crippen molar-refractivity contribution in [3.8, 4) is 0 Å². The van der Waals surface area contributed by atoms with Crippen molar-refractivity contribution < 1.29 is 4.79 Å². The summed E-state index contributed by atoms with van der Waals surface area (Å²) in [6.07, 6.45) is 6.75. The molecule has 2 N–H and O–H groups in total. The molecule has 138 valence electrons. The van der Waals surface area contributed by atoms with E-state index < -0.39 is 0 Å². The molecule has 2 heterocycles. The first kappa shape index (κ1) is 18.9. The van der Waals surface area contributed by atoms with Crippen LogP contribution in [0.4, 0.5) is 5.82 Å². The number of hydrogen-bond donors (Lipinski definition) is 1. The minimum absolute atomic E-state index is 0.0105. The fourth-order valence-corrected chi connectivity index (χ4v) is 5.42. The topological polar surface area (TPSA) is 72.1 Å². The number of amides is 1. The summed E-state index contributed by atoms with van der Waals surface area (Å²) in [7, 11) is 0. The number of nitrogens with two attached hydrogens (primary N) is 1. The highest BCUT2D eigenvalue weighted by atomic mass is 32.2. The number of rotatable bonds is 7. The first-order chi connectivity index (χ1) is 12.5. The van der Waals surface area contributed by atoms with Gasteiger partial charge in [-0.1, -0.05) is 30.8 Å². The maximum absolute atomic E-state index is 12.4. The van der Waals surface area contributed by atoms with Crippen molar-refractivity contribution >= 4 is 45.0 Å². The second-order valence-electron chi connectivity index (χ2n) is 6.59. The van der Waals surface area contributed by atoms with E-state index in [-0.39, 0.29) is 11.7 Å². The van der Waals surface area contributed by atoms with E-state index >= 15 is 0 Å². The van der Waals surface area contributed by atoms with Crippen LogP contribution >= 0.6 is 23.1 Å². The molecule has 2 aromatic rings. The molecule has 26 heavy (non-hydrogen) atoms. The first-order valence-corrected chi connectivity index (χ1v) is 10.5. The molecule has 0 saturated heterocycles. The number of carbonyl (C=O) groups is 1. The molecule has 0 aromatic carbocycles. The number of aromatic nitrogens is 2. The summed E-state index contributed by atoms with van der Waals surface area (Å²) >= 11 is 3.05. The van der Waals surface area contributed by atoms with Crippen LogP contribution in [0.5, 0.6) is 0 Å². The predicted molar refractivity (Wildman–Crippen MR) is 111 cm³/mol. The van der Waals surface area contributed by atoms with Crippen LogP contribution < -0.4 is 5.73 Å². The van der Waals surface area contributed by atoms with Gasteiger partial charge >= 0.3 is 0 Å². The van der Waals surface area contributed by atoms with Gasteiger partial charge in [0.2, 0.25) is 5.91 Å². The Bertz CT molecular complexity index is 836. The van der Waals surface area contributed by atoms with Crippen molar-refractivity contribution in [2.24, 2.45) is 5.92 Å². The van der Waals surface area contributed by atoms with E-state index in [4.69, 9.17) is 5.73 Å². The highest BCUT2D eigenvalue weighted by Gasteiger charge is 2.23. The maximum Gasteiger partial charge on any atom is 0.233 e. The molecule has 0 bridgehead atoms. The van der Waals surface area contributed by atoms with Crippen LogP contribution in [0.1, 0.15) is 23.8 Å². The van der Waals surface area contributed by atoms with Crippen molar-refractivity contribution in [2.45, 2.75) is 31.3 Å². The largest absolute Gasteiger partial charge is 0.383 e. The fraction of sp³-hybridized carbons (Fsp3) is 0.421. The van der Waals surface area contributed by atoms with E-state index in [0.29, 0.717) is 30.0 Å². The lowest BCUT2D eigenvalue weighted by molar-refractivity contribution is -0.127. The second-order valence-corrected chi connectivity index (χ2v) is 8.61. The summed E-state index contributed by atoms with van der Waals surface area (Å²) in [6, 6.07) is 0. The van der Waals surface area contributed by atoms with E-state index in [9.17, 15) is 4.79 Å². The Morgan fingerprint density at radius 3 is 2.81 bits per heavy atom. The summed E-state index contributed by atoms with van der Waals surface area (Å²) < 4.78 is 0. The molecule has 2 aromatic heterocycles. The van der Waals surface area contributed by atoms with Crippen molar-refractivity contribution in [1.29, 1.82) is 0 Å². The third-order valence-electron chi connectivity index (χ3n) is 4.54. The van der Waals surface area contributed by atoms with E-state index in [1.54, 1.807) is 28.4 Å². The Morgan fingerprint density at radius 1 is 1.38 bits per heavy atom. The van der Waals surface area contributed by atoms with Crippen LogP contribution in [0.2, 0.25) is 0 Å². The van der Waals surface area contributed by atoms with Crippen LogP contribution in [0.15, 0.2) is 30.5 Å². The molecule has 0 aliphatic heterocycles. The SMILES string of the molecule is C=CCN(CC=C)C(=O)CSc1nc(N)c2c3c(sc2n1)C[C@H](C)CC3. The number of carbonyl (C=O) groups excluding carboxylic acids is 1. The zero-order valence-electron chi connectivity index (χ0n) is 15.0. The summed E-state index contributed by atoms with van der Waals surface area (Å²) in [5, 5.41) is 1.58. The predicted octanol–water partition coefficient (Wildman–Crippen LogP) is 3.69. The summed E-state index contributed by atoms with van der Waals surface area (Å²) in [5.41, 5.74) is 7.57. The monoisotopic (exact) mass is 388 g/mol. The lowest BCUT2D eigenvalue weighted by Crippen LogP contribution is -2.32.